The highest BCUT2D eigenvalue weighted by Gasteiger charge is 2.17. The Bertz CT molecular complexity index is 981. The second-order valence-electron chi connectivity index (χ2n) is 6.11. The average molecular weight is 394 g/mol. The highest BCUT2D eigenvalue weighted by Crippen LogP contribution is 2.38. The van der Waals surface area contributed by atoms with Gasteiger partial charge in [0.05, 0.1) is 21.3 Å². The van der Waals surface area contributed by atoms with E-state index in [0.717, 1.165) is 11.3 Å². The Balaban J connectivity index is 1.75. The van der Waals surface area contributed by atoms with Gasteiger partial charge in [0.15, 0.2) is 23.1 Å². The van der Waals surface area contributed by atoms with E-state index in [1.807, 2.05) is 31.2 Å². The molecule has 0 radical (unpaired) electrons. The lowest BCUT2D eigenvalue weighted by molar-refractivity contribution is 0.102. The summed E-state index contributed by atoms with van der Waals surface area (Å²) in [6.45, 7) is 2.00. The standard InChI is InChI=1S/C21H22N4O4/c1-13-7-5-6-8-15(13)22-18-9-10-19(25-24-18)23-21(26)14-11-16(27-2)20(29-4)17(12-14)28-3/h5-12H,1-4H3,(H,22,24)(H,23,25,26). The molecule has 0 fully saturated rings. The number of rotatable bonds is 7. The van der Waals surface area contributed by atoms with Crippen molar-refractivity contribution in [2.75, 3.05) is 32.0 Å². The van der Waals surface area contributed by atoms with Crippen LogP contribution in [-0.2, 0) is 0 Å². The number of anilines is 3. The number of aryl methyl sites for hydroxylation is 1. The third-order valence-corrected chi connectivity index (χ3v) is 4.24. The second kappa shape index (κ2) is 8.92. The van der Waals surface area contributed by atoms with Crippen molar-refractivity contribution in [2.24, 2.45) is 0 Å². The zero-order valence-corrected chi connectivity index (χ0v) is 16.6. The quantitative estimate of drug-likeness (QED) is 0.629. The minimum Gasteiger partial charge on any atom is -0.493 e. The van der Waals surface area contributed by atoms with Crippen molar-refractivity contribution in [1.29, 1.82) is 0 Å². The first kappa shape index (κ1) is 19.9. The lowest BCUT2D eigenvalue weighted by Gasteiger charge is -2.14. The predicted molar refractivity (Wildman–Crippen MR) is 111 cm³/mol. The Morgan fingerprint density at radius 3 is 2.03 bits per heavy atom. The molecule has 3 aromatic rings. The van der Waals surface area contributed by atoms with Gasteiger partial charge in [-0.15, -0.1) is 10.2 Å². The Morgan fingerprint density at radius 1 is 0.862 bits per heavy atom. The summed E-state index contributed by atoms with van der Waals surface area (Å²) in [6, 6.07) is 14.4. The van der Waals surface area contributed by atoms with E-state index < -0.39 is 0 Å². The van der Waals surface area contributed by atoms with Crippen LogP contribution >= 0.6 is 0 Å². The van der Waals surface area contributed by atoms with E-state index in [2.05, 4.69) is 20.8 Å². The molecule has 150 valence electrons. The molecule has 0 saturated heterocycles. The van der Waals surface area contributed by atoms with Crippen molar-refractivity contribution in [1.82, 2.24) is 10.2 Å². The molecule has 1 aromatic heterocycles. The number of aromatic nitrogens is 2. The summed E-state index contributed by atoms with van der Waals surface area (Å²) in [5, 5.41) is 14.1. The molecule has 0 spiro atoms. The summed E-state index contributed by atoms with van der Waals surface area (Å²) in [4.78, 5) is 12.6. The molecule has 0 bridgehead atoms. The fourth-order valence-electron chi connectivity index (χ4n) is 2.72. The van der Waals surface area contributed by atoms with Gasteiger partial charge in [0.25, 0.3) is 5.91 Å². The normalized spacial score (nSPS) is 10.2. The molecule has 0 unspecified atom stereocenters. The van der Waals surface area contributed by atoms with Crippen LogP contribution in [0.1, 0.15) is 15.9 Å². The van der Waals surface area contributed by atoms with Crippen LogP contribution < -0.4 is 24.8 Å². The summed E-state index contributed by atoms with van der Waals surface area (Å²) >= 11 is 0. The van der Waals surface area contributed by atoms with E-state index in [0.29, 0.717) is 34.4 Å². The summed E-state index contributed by atoms with van der Waals surface area (Å²) in [5.41, 5.74) is 2.37. The van der Waals surface area contributed by atoms with Gasteiger partial charge < -0.3 is 24.8 Å². The molecule has 8 heteroatoms. The van der Waals surface area contributed by atoms with Gasteiger partial charge in [0.2, 0.25) is 5.75 Å². The molecule has 1 heterocycles. The second-order valence-corrected chi connectivity index (χ2v) is 6.11. The van der Waals surface area contributed by atoms with Crippen LogP contribution in [0.3, 0.4) is 0 Å². The SMILES string of the molecule is COc1cc(C(=O)Nc2ccc(Nc3ccccc3C)nn2)cc(OC)c1OC. The number of nitrogens with one attached hydrogen (secondary N) is 2. The molecule has 8 nitrogen and oxygen atoms in total. The lowest BCUT2D eigenvalue weighted by atomic mass is 10.1. The lowest BCUT2D eigenvalue weighted by Crippen LogP contribution is -2.14. The van der Waals surface area contributed by atoms with Crippen molar-refractivity contribution in [3.05, 3.63) is 59.7 Å². The van der Waals surface area contributed by atoms with E-state index in [-0.39, 0.29) is 5.91 Å². The molecule has 0 aliphatic heterocycles. The number of para-hydroxylation sites is 1. The number of carbonyl (C=O) groups is 1. The van der Waals surface area contributed by atoms with Crippen molar-refractivity contribution < 1.29 is 19.0 Å². The Hall–Kier alpha value is -3.81. The van der Waals surface area contributed by atoms with Crippen LogP contribution in [0.15, 0.2) is 48.5 Å². The van der Waals surface area contributed by atoms with Crippen molar-refractivity contribution in [3.8, 4) is 17.2 Å². The molecular formula is C21H22N4O4. The molecular weight excluding hydrogens is 372 g/mol. The number of benzene rings is 2. The number of hydrogen-bond donors (Lipinski definition) is 2. The van der Waals surface area contributed by atoms with Gasteiger partial charge in [-0.25, -0.2) is 0 Å². The topological polar surface area (TPSA) is 94.6 Å². The number of ether oxygens (including phenoxy) is 3. The van der Waals surface area contributed by atoms with Gasteiger partial charge in [0, 0.05) is 11.3 Å². The fraction of sp³-hybridized carbons (Fsp3) is 0.190. The smallest absolute Gasteiger partial charge is 0.257 e. The highest BCUT2D eigenvalue weighted by molar-refractivity contribution is 6.04. The molecule has 0 saturated carbocycles. The molecule has 1 amide bonds. The molecule has 2 N–H and O–H groups in total. The first-order valence-electron chi connectivity index (χ1n) is 8.83. The number of hydrogen-bond acceptors (Lipinski definition) is 7. The Morgan fingerprint density at radius 2 is 1.48 bits per heavy atom. The van der Waals surface area contributed by atoms with E-state index in [1.54, 1.807) is 24.3 Å². The summed E-state index contributed by atoms with van der Waals surface area (Å²) in [5.74, 6) is 1.71. The molecule has 0 atom stereocenters. The number of nitrogens with zero attached hydrogens (tertiary/aromatic N) is 2. The van der Waals surface area contributed by atoms with E-state index >= 15 is 0 Å². The van der Waals surface area contributed by atoms with Crippen LogP contribution in [0.5, 0.6) is 17.2 Å². The summed E-state index contributed by atoms with van der Waals surface area (Å²) in [6.07, 6.45) is 0. The van der Waals surface area contributed by atoms with Crippen LogP contribution in [0.25, 0.3) is 0 Å². The largest absolute Gasteiger partial charge is 0.493 e. The van der Waals surface area contributed by atoms with E-state index in [1.165, 1.54) is 21.3 Å². The number of amides is 1. The van der Waals surface area contributed by atoms with Crippen molar-refractivity contribution in [3.63, 3.8) is 0 Å². The van der Waals surface area contributed by atoms with Crippen LogP contribution in [0, 0.1) is 6.92 Å². The highest BCUT2D eigenvalue weighted by atomic mass is 16.5. The van der Waals surface area contributed by atoms with E-state index in [9.17, 15) is 4.79 Å². The molecule has 0 aliphatic rings. The monoisotopic (exact) mass is 394 g/mol. The van der Waals surface area contributed by atoms with Gasteiger partial charge in [-0.2, -0.15) is 0 Å². The third kappa shape index (κ3) is 4.55. The average Bonchev–Trinajstić information content (AvgIpc) is 2.75. The van der Waals surface area contributed by atoms with Crippen molar-refractivity contribution in [2.45, 2.75) is 6.92 Å². The van der Waals surface area contributed by atoms with E-state index in [4.69, 9.17) is 14.2 Å². The summed E-state index contributed by atoms with van der Waals surface area (Å²) < 4.78 is 15.8. The Labute approximate surface area is 168 Å². The molecule has 2 aromatic carbocycles. The minimum absolute atomic E-state index is 0.319. The first-order valence-corrected chi connectivity index (χ1v) is 8.83. The maximum atomic E-state index is 12.6. The predicted octanol–water partition coefficient (Wildman–Crippen LogP) is 3.81. The molecule has 29 heavy (non-hydrogen) atoms. The van der Waals surface area contributed by atoms with Gasteiger partial charge in [0.1, 0.15) is 0 Å². The van der Waals surface area contributed by atoms with Gasteiger partial charge in [-0.1, -0.05) is 18.2 Å². The molecule has 0 aliphatic carbocycles. The zero-order valence-electron chi connectivity index (χ0n) is 16.6. The van der Waals surface area contributed by atoms with Gasteiger partial charge >= 0.3 is 0 Å². The van der Waals surface area contributed by atoms with Crippen LogP contribution in [0.2, 0.25) is 0 Å². The van der Waals surface area contributed by atoms with Crippen molar-refractivity contribution >= 4 is 23.2 Å². The maximum absolute atomic E-state index is 12.6. The zero-order chi connectivity index (χ0) is 20.8. The minimum atomic E-state index is -0.377. The fourth-order valence-corrected chi connectivity index (χ4v) is 2.72. The van der Waals surface area contributed by atoms with Gasteiger partial charge in [-0.05, 0) is 42.8 Å². The number of methoxy groups -OCH3 is 3. The maximum Gasteiger partial charge on any atom is 0.257 e. The summed E-state index contributed by atoms with van der Waals surface area (Å²) in [7, 11) is 4.48. The third-order valence-electron chi connectivity index (χ3n) is 4.24. The van der Waals surface area contributed by atoms with Crippen LogP contribution in [0.4, 0.5) is 17.3 Å². The Kier molecular flexibility index (Phi) is 6.13. The van der Waals surface area contributed by atoms with Gasteiger partial charge in [-0.3, -0.25) is 4.79 Å². The van der Waals surface area contributed by atoms with Crippen LogP contribution in [-0.4, -0.2) is 37.4 Å². The first-order chi connectivity index (χ1) is 14.0. The number of carbonyl (C=O) groups excluding carboxylic acids is 1. The molecule has 3 rings (SSSR count).